The number of anilines is 1. The van der Waals surface area contributed by atoms with Crippen LogP contribution >= 0.6 is 11.3 Å². The van der Waals surface area contributed by atoms with Gasteiger partial charge in [0.15, 0.2) is 0 Å². The Balaban J connectivity index is 1.88. The largest absolute Gasteiger partial charge is 0.365 e. The molecular weight excluding hydrogens is 344 g/mol. The highest BCUT2D eigenvalue weighted by Gasteiger charge is 2.23. The molecule has 0 atom stereocenters. The normalized spacial score (nSPS) is 14.3. The summed E-state index contributed by atoms with van der Waals surface area (Å²) >= 11 is 1.56. The first kappa shape index (κ1) is 20.9. The number of hydrogen-bond donors (Lipinski definition) is 2. The molecule has 1 aliphatic carbocycles. The summed E-state index contributed by atoms with van der Waals surface area (Å²) < 4.78 is 0. The van der Waals surface area contributed by atoms with Crippen LogP contribution in [0.2, 0.25) is 0 Å². The Kier molecular flexibility index (Phi) is 9.16. The molecule has 0 fully saturated rings. The monoisotopic (exact) mass is 378 g/mol. The van der Waals surface area contributed by atoms with Gasteiger partial charge in [0.25, 0.3) is 5.91 Å². The van der Waals surface area contributed by atoms with Crippen LogP contribution in [0.4, 0.5) is 5.00 Å². The molecule has 26 heavy (non-hydrogen) atoms. The van der Waals surface area contributed by atoms with Gasteiger partial charge >= 0.3 is 0 Å². The zero-order chi connectivity index (χ0) is 18.8. The molecule has 0 saturated carbocycles. The van der Waals surface area contributed by atoms with E-state index in [1.54, 1.807) is 11.3 Å². The predicted octanol–water partition coefficient (Wildman–Crippen LogP) is 5.59. The van der Waals surface area contributed by atoms with E-state index in [1.165, 1.54) is 49.8 Å². The van der Waals surface area contributed by atoms with Crippen molar-refractivity contribution in [2.24, 2.45) is 5.73 Å². The minimum atomic E-state index is -0.408. The van der Waals surface area contributed by atoms with Crippen LogP contribution in [0.3, 0.4) is 0 Å². The highest BCUT2D eigenvalue weighted by atomic mass is 32.1. The number of carbonyl (C=O) groups excluding carboxylic acids is 2. The first-order valence-electron chi connectivity index (χ1n) is 10.4. The van der Waals surface area contributed by atoms with Gasteiger partial charge in [-0.05, 0) is 37.7 Å². The number of fused-ring (bicyclic) bond motifs is 1. The predicted molar refractivity (Wildman–Crippen MR) is 110 cm³/mol. The summed E-state index contributed by atoms with van der Waals surface area (Å²) in [4.78, 5) is 25.6. The maximum absolute atomic E-state index is 12.3. The van der Waals surface area contributed by atoms with Gasteiger partial charge in [-0.25, -0.2) is 0 Å². The van der Waals surface area contributed by atoms with Crippen molar-refractivity contribution < 1.29 is 9.59 Å². The van der Waals surface area contributed by atoms with Gasteiger partial charge in [-0.1, -0.05) is 58.3 Å². The number of thiophene rings is 1. The number of carbonyl (C=O) groups is 2. The molecule has 0 spiro atoms. The molecule has 4 nitrogen and oxygen atoms in total. The van der Waals surface area contributed by atoms with Crippen molar-refractivity contribution >= 4 is 28.2 Å². The third-order valence-corrected chi connectivity index (χ3v) is 6.39. The van der Waals surface area contributed by atoms with E-state index in [1.807, 2.05) is 0 Å². The highest BCUT2D eigenvalue weighted by molar-refractivity contribution is 7.17. The smallest absolute Gasteiger partial charge is 0.251 e. The van der Waals surface area contributed by atoms with Crippen LogP contribution in [0.5, 0.6) is 0 Å². The second-order valence-corrected chi connectivity index (χ2v) is 8.51. The van der Waals surface area contributed by atoms with Gasteiger partial charge in [0, 0.05) is 11.3 Å². The Morgan fingerprint density at radius 3 is 2.31 bits per heavy atom. The molecular formula is C21H34N2O2S. The Bertz CT molecular complexity index is 595. The lowest BCUT2D eigenvalue weighted by Crippen LogP contribution is -2.18. The lowest BCUT2D eigenvalue weighted by Gasteiger charge is -2.10. The van der Waals surface area contributed by atoms with Crippen LogP contribution < -0.4 is 11.1 Å². The lowest BCUT2D eigenvalue weighted by atomic mass is 9.96. The van der Waals surface area contributed by atoms with Crippen molar-refractivity contribution in [3.8, 4) is 0 Å². The summed E-state index contributed by atoms with van der Waals surface area (Å²) in [5.74, 6) is -0.399. The fraction of sp³-hybridized carbons (Fsp3) is 0.714. The van der Waals surface area contributed by atoms with Crippen LogP contribution in [0.15, 0.2) is 0 Å². The summed E-state index contributed by atoms with van der Waals surface area (Å²) in [6.45, 7) is 2.22. The summed E-state index contributed by atoms with van der Waals surface area (Å²) in [5, 5.41) is 3.66. The molecule has 3 N–H and O–H groups in total. The van der Waals surface area contributed by atoms with Crippen LogP contribution in [0.1, 0.15) is 105 Å². The topological polar surface area (TPSA) is 72.2 Å². The Morgan fingerprint density at radius 2 is 1.62 bits per heavy atom. The van der Waals surface area contributed by atoms with Crippen molar-refractivity contribution in [1.82, 2.24) is 0 Å². The molecule has 0 saturated heterocycles. The number of unbranched alkanes of at least 4 members (excludes halogenated alkanes) is 6. The Labute approximate surface area is 161 Å². The van der Waals surface area contributed by atoms with E-state index in [0.717, 1.165) is 44.1 Å². The van der Waals surface area contributed by atoms with E-state index in [2.05, 4.69) is 12.2 Å². The van der Waals surface area contributed by atoms with Gasteiger partial charge in [0.1, 0.15) is 5.00 Å². The standard InChI is InChI=1S/C21H34N2O2S/c1-2-3-4-5-6-7-12-15-18(24)23-21-19(20(22)25)16-13-10-8-9-11-14-17(16)26-21/h2-15H2,1H3,(H2,22,25)(H,23,24). The third-order valence-electron chi connectivity index (χ3n) is 5.18. The van der Waals surface area contributed by atoms with Crippen LogP contribution in [-0.4, -0.2) is 11.8 Å². The maximum Gasteiger partial charge on any atom is 0.251 e. The van der Waals surface area contributed by atoms with E-state index in [0.29, 0.717) is 17.0 Å². The minimum Gasteiger partial charge on any atom is -0.365 e. The number of aryl methyl sites for hydroxylation is 1. The summed E-state index contributed by atoms with van der Waals surface area (Å²) in [6, 6.07) is 0. The second kappa shape index (κ2) is 11.4. The lowest BCUT2D eigenvalue weighted by molar-refractivity contribution is -0.116. The van der Waals surface area contributed by atoms with Crippen molar-refractivity contribution in [3.63, 3.8) is 0 Å². The van der Waals surface area contributed by atoms with E-state index in [-0.39, 0.29) is 5.91 Å². The average molecular weight is 379 g/mol. The molecule has 0 bridgehead atoms. The van der Waals surface area contributed by atoms with Crippen molar-refractivity contribution in [1.29, 1.82) is 0 Å². The number of nitrogens with two attached hydrogens (primary N) is 1. The number of amides is 2. The zero-order valence-corrected chi connectivity index (χ0v) is 17.0. The van der Waals surface area contributed by atoms with Crippen LogP contribution in [0.25, 0.3) is 0 Å². The maximum atomic E-state index is 12.3. The second-order valence-electron chi connectivity index (χ2n) is 7.41. The molecule has 1 aromatic rings. The first-order chi connectivity index (χ1) is 12.6. The molecule has 5 heteroatoms. The highest BCUT2D eigenvalue weighted by Crippen LogP contribution is 2.37. The van der Waals surface area contributed by atoms with Gasteiger partial charge in [0.2, 0.25) is 5.91 Å². The molecule has 146 valence electrons. The molecule has 1 aromatic heterocycles. The fourth-order valence-corrected chi connectivity index (χ4v) is 5.01. The molecule has 0 aromatic carbocycles. The molecule has 2 rings (SSSR count). The quantitative estimate of drug-likeness (QED) is 0.521. The third kappa shape index (κ3) is 6.42. The van der Waals surface area contributed by atoms with Gasteiger partial charge in [-0.2, -0.15) is 0 Å². The molecule has 2 amide bonds. The van der Waals surface area contributed by atoms with Crippen LogP contribution in [0, 0.1) is 0 Å². The number of nitrogens with one attached hydrogen (secondary N) is 1. The van der Waals surface area contributed by atoms with Gasteiger partial charge in [0.05, 0.1) is 5.56 Å². The molecule has 1 aliphatic rings. The van der Waals surface area contributed by atoms with Gasteiger partial charge < -0.3 is 11.1 Å². The summed E-state index contributed by atoms with van der Waals surface area (Å²) in [5.41, 5.74) is 7.31. The first-order valence-corrected chi connectivity index (χ1v) is 11.2. The molecule has 0 unspecified atom stereocenters. The summed E-state index contributed by atoms with van der Waals surface area (Å²) in [6.07, 6.45) is 15.4. The fourth-order valence-electron chi connectivity index (χ4n) is 3.70. The average Bonchev–Trinajstić information content (AvgIpc) is 2.90. The van der Waals surface area contributed by atoms with Crippen molar-refractivity contribution in [2.75, 3.05) is 5.32 Å². The summed E-state index contributed by atoms with van der Waals surface area (Å²) in [7, 11) is 0. The van der Waals surface area contributed by atoms with E-state index >= 15 is 0 Å². The molecule has 0 radical (unpaired) electrons. The van der Waals surface area contributed by atoms with Gasteiger partial charge in [-0.15, -0.1) is 11.3 Å². The van der Waals surface area contributed by atoms with Crippen LogP contribution in [-0.2, 0) is 17.6 Å². The van der Waals surface area contributed by atoms with E-state index in [9.17, 15) is 9.59 Å². The van der Waals surface area contributed by atoms with E-state index < -0.39 is 5.91 Å². The number of primary amides is 1. The van der Waals surface area contributed by atoms with Crippen molar-refractivity contribution in [2.45, 2.75) is 96.8 Å². The SMILES string of the molecule is CCCCCCCCCC(=O)Nc1sc2c(c1C(N)=O)CCCCCC2. The molecule has 1 heterocycles. The Morgan fingerprint density at radius 1 is 0.962 bits per heavy atom. The number of rotatable bonds is 10. The molecule has 0 aliphatic heterocycles. The van der Waals surface area contributed by atoms with Gasteiger partial charge in [-0.3, -0.25) is 9.59 Å². The Hall–Kier alpha value is -1.36. The minimum absolute atomic E-state index is 0.00952. The zero-order valence-electron chi connectivity index (χ0n) is 16.2. The van der Waals surface area contributed by atoms with Crippen molar-refractivity contribution in [3.05, 3.63) is 16.0 Å². The van der Waals surface area contributed by atoms with E-state index in [4.69, 9.17) is 5.73 Å². The number of hydrogen-bond acceptors (Lipinski definition) is 3.